The number of amides is 2. The summed E-state index contributed by atoms with van der Waals surface area (Å²) in [5.41, 5.74) is 1.55. The minimum atomic E-state index is -0.0770. The van der Waals surface area contributed by atoms with Gasteiger partial charge in [-0.1, -0.05) is 19.1 Å². The van der Waals surface area contributed by atoms with E-state index in [1.165, 1.54) is 4.90 Å². The quantitative estimate of drug-likeness (QED) is 0.482. The first kappa shape index (κ1) is 21.5. The van der Waals surface area contributed by atoms with Crippen LogP contribution >= 0.6 is 0 Å². The third kappa shape index (κ3) is 7.55. The molecule has 0 radical (unpaired) electrons. The van der Waals surface area contributed by atoms with Gasteiger partial charge in [0.05, 0.1) is 13.1 Å². The Morgan fingerprint density at radius 2 is 1.92 bits per heavy atom. The van der Waals surface area contributed by atoms with Gasteiger partial charge in [0.1, 0.15) is 0 Å². The maximum atomic E-state index is 12.2. The van der Waals surface area contributed by atoms with Crippen LogP contribution in [-0.4, -0.2) is 55.9 Å². The van der Waals surface area contributed by atoms with Gasteiger partial charge in [-0.15, -0.1) is 0 Å². The van der Waals surface area contributed by atoms with Crippen LogP contribution in [0.1, 0.15) is 43.1 Å². The van der Waals surface area contributed by atoms with Crippen LogP contribution in [0.15, 0.2) is 29.3 Å². The van der Waals surface area contributed by atoms with Crippen LogP contribution in [0.5, 0.6) is 0 Å². The first-order valence-electron chi connectivity index (χ1n) is 8.99. The molecule has 0 aliphatic rings. The SMILES string of the molecule is CCNC(=NCc1cccc(C(=O)NC(C)CC)c1)NCC(=O)N(C)C. The molecular weight excluding hydrogens is 330 g/mol. The number of rotatable bonds is 8. The first-order chi connectivity index (χ1) is 12.4. The molecule has 0 spiro atoms. The van der Waals surface area contributed by atoms with Gasteiger partial charge >= 0.3 is 0 Å². The molecule has 0 heterocycles. The number of carbonyl (C=O) groups excluding carboxylic acids is 2. The van der Waals surface area contributed by atoms with E-state index in [0.29, 0.717) is 24.6 Å². The van der Waals surface area contributed by atoms with Gasteiger partial charge in [-0.25, -0.2) is 4.99 Å². The Hall–Kier alpha value is -2.57. The molecule has 1 unspecified atom stereocenters. The van der Waals surface area contributed by atoms with E-state index in [1.54, 1.807) is 20.2 Å². The van der Waals surface area contributed by atoms with Crippen molar-refractivity contribution >= 4 is 17.8 Å². The summed E-state index contributed by atoms with van der Waals surface area (Å²) in [6.07, 6.45) is 0.888. The molecule has 1 aromatic rings. The lowest BCUT2D eigenvalue weighted by molar-refractivity contribution is -0.127. The lowest BCUT2D eigenvalue weighted by atomic mass is 10.1. The van der Waals surface area contributed by atoms with Gasteiger partial charge < -0.3 is 20.9 Å². The third-order valence-corrected chi connectivity index (χ3v) is 3.85. The van der Waals surface area contributed by atoms with Crippen molar-refractivity contribution in [2.45, 2.75) is 39.8 Å². The molecule has 1 rings (SSSR count). The molecule has 0 aromatic heterocycles. The van der Waals surface area contributed by atoms with Crippen molar-refractivity contribution in [1.82, 2.24) is 20.9 Å². The van der Waals surface area contributed by atoms with Crippen LogP contribution in [0.25, 0.3) is 0 Å². The minimum Gasteiger partial charge on any atom is -0.357 e. The van der Waals surface area contributed by atoms with Crippen LogP contribution in [-0.2, 0) is 11.3 Å². The highest BCUT2D eigenvalue weighted by atomic mass is 16.2. The molecule has 7 heteroatoms. The van der Waals surface area contributed by atoms with E-state index in [0.717, 1.165) is 12.0 Å². The van der Waals surface area contributed by atoms with E-state index in [2.05, 4.69) is 20.9 Å². The van der Waals surface area contributed by atoms with Crippen molar-refractivity contribution in [2.75, 3.05) is 27.2 Å². The predicted molar refractivity (Wildman–Crippen MR) is 105 cm³/mol. The summed E-state index contributed by atoms with van der Waals surface area (Å²) >= 11 is 0. The Kier molecular flexibility index (Phi) is 9.19. The summed E-state index contributed by atoms with van der Waals surface area (Å²) < 4.78 is 0. The van der Waals surface area contributed by atoms with E-state index >= 15 is 0 Å². The van der Waals surface area contributed by atoms with E-state index < -0.39 is 0 Å². The number of nitrogens with one attached hydrogen (secondary N) is 3. The zero-order valence-corrected chi connectivity index (χ0v) is 16.4. The van der Waals surface area contributed by atoms with Crippen LogP contribution in [0.3, 0.4) is 0 Å². The summed E-state index contributed by atoms with van der Waals surface area (Å²) in [6, 6.07) is 7.56. The van der Waals surface area contributed by atoms with E-state index in [4.69, 9.17) is 0 Å². The highest BCUT2D eigenvalue weighted by molar-refractivity contribution is 5.94. The number of nitrogens with zero attached hydrogens (tertiary/aromatic N) is 2. The molecule has 144 valence electrons. The molecule has 0 saturated carbocycles. The van der Waals surface area contributed by atoms with Gasteiger partial charge in [0.2, 0.25) is 5.91 Å². The number of benzene rings is 1. The summed E-state index contributed by atoms with van der Waals surface area (Å²) in [7, 11) is 3.42. The molecule has 7 nitrogen and oxygen atoms in total. The highest BCUT2D eigenvalue weighted by Crippen LogP contribution is 2.07. The Morgan fingerprint density at radius 3 is 2.54 bits per heavy atom. The predicted octanol–water partition coefficient (Wildman–Crippen LogP) is 1.36. The molecule has 1 atom stereocenters. The fourth-order valence-corrected chi connectivity index (χ4v) is 2.05. The summed E-state index contributed by atoms with van der Waals surface area (Å²) in [6.45, 7) is 7.26. The molecule has 2 amide bonds. The normalized spacial score (nSPS) is 12.3. The van der Waals surface area contributed by atoms with E-state index in [1.807, 2.05) is 39.0 Å². The average molecular weight is 361 g/mol. The van der Waals surface area contributed by atoms with Gasteiger partial charge in [0, 0.05) is 32.2 Å². The monoisotopic (exact) mass is 361 g/mol. The van der Waals surface area contributed by atoms with E-state index in [-0.39, 0.29) is 24.4 Å². The second-order valence-electron chi connectivity index (χ2n) is 6.32. The van der Waals surface area contributed by atoms with Gasteiger partial charge in [0.15, 0.2) is 5.96 Å². The molecule has 26 heavy (non-hydrogen) atoms. The molecule has 3 N–H and O–H groups in total. The molecule has 0 fully saturated rings. The smallest absolute Gasteiger partial charge is 0.251 e. The van der Waals surface area contributed by atoms with Crippen LogP contribution in [0.4, 0.5) is 0 Å². The maximum absolute atomic E-state index is 12.2. The van der Waals surface area contributed by atoms with Crippen LogP contribution in [0.2, 0.25) is 0 Å². The Morgan fingerprint density at radius 1 is 1.19 bits per heavy atom. The van der Waals surface area contributed by atoms with Crippen molar-refractivity contribution < 1.29 is 9.59 Å². The summed E-state index contributed by atoms with van der Waals surface area (Å²) in [5, 5.41) is 9.08. The standard InChI is InChI=1S/C19H31N5O2/c1-6-14(3)23-18(26)16-10-8-9-15(11-16)12-21-19(20-7-2)22-13-17(25)24(4)5/h8-11,14H,6-7,12-13H2,1-5H3,(H,23,26)(H2,20,21,22). The number of guanidine groups is 1. The molecule has 1 aromatic carbocycles. The maximum Gasteiger partial charge on any atom is 0.251 e. The van der Waals surface area contributed by atoms with Crippen LogP contribution in [0, 0.1) is 0 Å². The lowest BCUT2D eigenvalue weighted by Gasteiger charge is -2.14. The first-order valence-corrected chi connectivity index (χ1v) is 8.99. The Bertz CT molecular complexity index is 628. The van der Waals surface area contributed by atoms with Crippen molar-refractivity contribution in [3.05, 3.63) is 35.4 Å². The summed E-state index contributed by atoms with van der Waals surface area (Å²) in [4.78, 5) is 29.9. The Balaban J connectivity index is 2.75. The van der Waals surface area contributed by atoms with E-state index in [9.17, 15) is 9.59 Å². The largest absolute Gasteiger partial charge is 0.357 e. The fourth-order valence-electron chi connectivity index (χ4n) is 2.05. The minimum absolute atomic E-state index is 0.0284. The number of hydrogen-bond acceptors (Lipinski definition) is 3. The van der Waals surface area contributed by atoms with Crippen LogP contribution < -0.4 is 16.0 Å². The number of likely N-dealkylation sites (N-methyl/N-ethyl adjacent to an activating group) is 1. The molecule has 0 bridgehead atoms. The second kappa shape index (κ2) is 11.1. The molecular formula is C19H31N5O2. The number of carbonyl (C=O) groups is 2. The Labute approximate surface area is 156 Å². The molecule has 0 aliphatic carbocycles. The molecule has 0 aliphatic heterocycles. The zero-order chi connectivity index (χ0) is 19.5. The number of hydrogen-bond donors (Lipinski definition) is 3. The van der Waals surface area contributed by atoms with Crippen molar-refractivity contribution in [1.29, 1.82) is 0 Å². The molecule has 0 saturated heterocycles. The number of aliphatic imine (C=N–C) groups is 1. The topological polar surface area (TPSA) is 85.8 Å². The third-order valence-electron chi connectivity index (χ3n) is 3.85. The average Bonchev–Trinajstić information content (AvgIpc) is 2.63. The van der Waals surface area contributed by atoms with Gasteiger partial charge in [0.25, 0.3) is 5.91 Å². The van der Waals surface area contributed by atoms with Crippen molar-refractivity contribution in [3.63, 3.8) is 0 Å². The fraction of sp³-hybridized carbons (Fsp3) is 0.526. The lowest BCUT2D eigenvalue weighted by Crippen LogP contribution is -2.42. The van der Waals surface area contributed by atoms with Crippen molar-refractivity contribution in [2.24, 2.45) is 4.99 Å². The highest BCUT2D eigenvalue weighted by Gasteiger charge is 2.09. The van der Waals surface area contributed by atoms with Gasteiger partial charge in [-0.3, -0.25) is 9.59 Å². The van der Waals surface area contributed by atoms with Gasteiger partial charge in [-0.2, -0.15) is 0 Å². The van der Waals surface area contributed by atoms with Crippen molar-refractivity contribution in [3.8, 4) is 0 Å². The summed E-state index contributed by atoms with van der Waals surface area (Å²) in [5.74, 6) is 0.461. The zero-order valence-electron chi connectivity index (χ0n) is 16.4. The van der Waals surface area contributed by atoms with Gasteiger partial charge in [-0.05, 0) is 38.0 Å². The second-order valence-corrected chi connectivity index (χ2v) is 6.32.